The molecule has 1 fully saturated rings. The van der Waals surface area contributed by atoms with Gasteiger partial charge in [0.2, 0.25) is 0 Å². The number of ketones is 1. The standard InChI is InChI=1S/C23H32O6S2/c1-29-14-17-6-3-2-5-16(17)7-8-18(24)9-10-19-20(25)13-21(26)23(19)31-12-4-11-30-15-22(27)28/h2-3,5-6,9-10,18-20,23-25H,4,7-8,11-15H2,1H3,(H,27,28)/b10-9+/t18?,19-,20+,23+/m0/s1. The molecule has 8 heteroatoms. The van der Waals surface area contributed by atoms with Crippen LogP contribution in [0.15, 0.2) is 36.4 Å². The van der Waals surface area contributed by atoms with Crippen molar-refractivity contribution in [1.82, 2.24) is 0 Å². The van der Waals surface area contributed by atoms with Gasteiger partial charge >= 0.3 is 5.97 Å². The molecule has 0 aromatic heterocycles. The van der Waals surface area contributed by atoms with Gasteiger partial charge in [-0.1, -0.05) is 36.4 Å². The summed E-state index contributed by atoms with van der Waals surface area (Å²) < 4.78 is 5.22. The molecule has 0 saturated heterocycles. The molecule has 4 atom stereocenters. The fourth-order valence-corrected chi connectivity index (χ4v) is 5.78. The number of aryl methyl sites for hydroxylation is 1. The van der Waals surface area contributed by atoms with Gasteiger partial charge in [0, 0.05) is 19.4 Å². The lowest BCUT2D eigenvalue weighted by molar-refractivity contribution is -0.133. The van der Waals surface area contributed by atoms with Crippen molar-refractivity contribution in [2.45, 2.75) is 49.7 Å². The van der Waals surface area contributed by atoms with Crippen molar-refractivity contribution in [3.05, 3.63) is 47.5 Å². The van der Waals surface area contributed by atoms with Crippen LogP contribution < -0.4 is 0 Å². The van der Waals surface area contributed by atoms with Crippen molar-refractivity contribution in [3.63, 3.8) is 0 Å². The summed E-state index contributed by atoms with van der Waals surface area (Å²) in [5, 5.41) is 29.0. The van der Waals surface area contributed by atoms with E-state index >= 15 is 0 Å². The van der Waals surface area contributed by atoms with Crippen LogP contribution in [0, 0.1) is 5.92 Å². The van der Waals surface area contributed by atoms with E-state index in [1.54, 1.807) is 19.3 Å². The molecule has 1 aromatic carbocycles. The number of ether oxygens (including phenoxy) is 1. The number of carboxylic acid groups (broad SMARTS) is 1. The third kappa shape index (κ3) is 8.98. The summed E-state index contributed by atoms with van der Waals surface area (Å²) >= 11 is 2.88. The average Bonchev–Trinajstić information content (AvgIpc) is 3.00. The molecule has 0 radical (unpaired) electrons. The van der Waals surface area contributed by atoms with Gasteiger partial charge in [-0.05, 0) is 41.9 Å². The maximum Gasteiger partial charge on any atom is 0.313 e. The Bertz CT molecular complexity index is 739. The van der Waals surface area contributed by atoms with Crippen LogP contribution in [0.3, 0.4) is 0 Å². The predicted molar refractivity (Wildman–Crippen MR) is 126 cm³/mol. The molecule has 0 spiro atoms. The molecule has 3 N–H and O–H groups in total. The van der Waals surface area contributed by atoms with Crippen LogP contribution in [0.1, 0.15) is 30.4 Å². The lowest BCUT2D eigenvalue weighted by Gasteiger charge is -2.18. The normalized spacial score (nSPS) is 22.3. The topological polar surface area (TPSA) is 104 Å². The molecule has 1 aliphatic rings. The Kier molecular flexibility index (Phi) is 11.7. The Morgan fingerprint density at radius 3 is 2.74 bits per heavy atom. The van der Waals surface area contributed by atoms with Crippen LogP contribution >= 0.6 is 23.5 Å². The first-order valence-electron chi connectivity index (χ1n) is 10.5. The number of benzene rings is 1. The van der Waals surface area contributed by atoms with Gasteiger partial charge in [-0.25, -0.2) is 0 Å². The van der Waals surface area contributed by atoms with Crippen molar-refractivity contribution in [2.24, 2.45) is 5.92 Å². The van der Waals surface area contributed by atoms with E-state index in [2.05, 4.69) is 0 Å². The quantitative estimate of drug-likeness (QED) is 0.283. The third-order valence-electron chi connectivity index (χ3n) is 5.16. The van der Waals surface area contributed by atoms with Crippen molar-refractivity contribution >= 4 is 35.3 Å². The Labute approximate surface area is 192 Å². The van der Waals surface area contributed by atoms with E-state index in [1.165, 1.54) is 23.5 Å². The van der Waals surface area contributed by atoms with Crippen LogP contribution in [0.2, 0.25) is 0 Å². The molecule has 1 unspecified atom stereocenters. The molecular weight excluding hydrogens is 436 g/mol. The predicted octanol–water partition coefficient (Wildman–Crippen LogP) is 2.94. The second-order valence-corrected chi connectivity index (χ2v) is 9.95. The number of aliphatic hydroxyl groups is 2. The van der Waals surface area contributed by atoms with E-state index in [1.807, 2.05) is 24.3 Å². The highest BCUT2D eigenvalue weighted by atomic mass is 32.2. The monoisotopic (exact) mass is 468 g/mol. The molecule has 0 bridgehead atoms. The number of rotatable bonds is 14. The van der Waals surface area contributed by atoms with E-state index in [4.69, 9.17) is 9.84 Å². The SMILES string of the molecule is COCc1ccccc1CCC(O)/C=C/[C@H]1[C@H](O)CC(=O)[C@@H]1SCCCSCC(=O)O. The van der Waals surface area contributed by atoms with E-state index in [9.17, 15) is 19.8 Å². The highest BCUT2D eigenvalue weighted by Crippen LogP contribution is 2.34. The molecular formula is C23H32O6S2. The van der Waals surface area contributed by atoms with Gasteiger partial charge in [0.1, 0.15) is 5.78 Å². The Balaban J connectivity index is 1.82. The van der Waals surface area contributed by atoms with Crippen LogP contribution in [0.25, 0.3) is 0 Å². The first-order chi connectivity index (χ1) is 14.9. The number of thioether (sulfide) groups is 2. The van der Waals surface area contributed by atoms with Gasteiger partial charge in [-0.3, -0.25) is 9.59 Å². The highest BCUT2D eigenvalue weighted by Gasteiger charge is 2.40. The number of Topliss-reactive ketones (excluding diaryl/α,β-unsaturated/α-hetero) is 1. The van der Waals surface area contributed by atoms with Gasteiger partial charge in [-0.2, -0.15) is 11.8 Å². The van der Waals surface area contributed by atoms with E-state index in [0.717, 1.165) is 29.1 Å². The minimum Gasteiger partial charge on any atom is -0.481 e. The molecule has 2 rings (SSSR count). The smallest absolute Gasteiger partial charge is 0.313 e. The maximum atomic E-state index is 12.3. The summed E-state index contributed by atoms with van der Waals surface area (Å²) in [7, 11) is 1.66. The fourth-order valence-electron chi connectivity index (χ4n) is 3.59. The molecule has 0 amide bonds. The van der Waals surface area contributed by atoms with Crippen molar-refractivity contribution in [2.75, 3.05) is 24.4 Å². The minimum atomic E-state index is -0.822. The number of methoxy groups -OCH3 is 1. The van der Waals surface area contributed by atoms with Crippen LogP contribution in [0.5, 0.6) is 0 Å². The summed E-state index contributed by atoms with van der Waals surface area (Å²) in [4.78, 5) is 22.8. The highest BCUT2D eigenvalue weighted by molar-refractivity contribution is 8.01. The molecule has 1 saturated carbocycles. The number of carbonyl (C=O) groups is 2. The van der Waals surface area contributed by atoms with Gasteiger partial charge in [0.25, 0.3) is 0 Å². The lowest BCUT2D eigenvalue weighted by atomic mass is 9.99. The van der Waals surface area contributed by atoms with Gasteiger partial charge in [-0.15, -0.1) is 11.8 Å². The zero-order valence-electron chi connectivity index (χ0n) is 17.8. The number of aliphatic hydroxyl groups excluding tert-OH is 2. The molecule has 172 valence electrons. The van der Waals surface area contributed by atoms with Gasteiger partial charge in [0.15, 0.2) is 0 Å². The summed E-state index contributed by atoms with van der Waals surface area (Å²) in [5.74, 6) is 0.460. The van der Waals surface area contributed by atoms with E-state index < -0.39 is 18.2 Å². The third-order valence-corrected chi connectivity index (χ3v) is 7.65. The summed E-state index contributed by atoms with van der Waals surface area (Å²) in [6.45, 7) is 0.534. The number of carbonyl (C=O) groups excluding carboxylic acids is 1. The van der Waals surface area contributed by atoms with E-state index in [0.29, 0.717) is 19.4 Å². The summed E-state index contributed by atoms with van der Waals surface area (Å²) in [6.07, 6.45) is 4.31. The first kappa shape index (κ1) is 25.9. The van der Waals surface area contributed by atoms with Crippen molar-refractivity contribution in [3.8, 4) is 0 Å². The van der Waals surface area contributed by atoms with Crippen LogP contribution in [-0.4, -0.2) is 68.9 Å². The molecule has 31 heavy (non-hydrogen) atoms. The number of aliphatic carboxylic acids is 1. The van der Waals surface area contributed by atoms with Crippen LogP contribution in [0.4, 0.5) is 0 Å². The molecule has 1 aliphatic carbocycles. The van der Waals surface area contributed by atoms with Gasteiger partial charge in [0.05, 0.1) is 29.8 Å². The van der Waals surface area contributed by atoms with Gasteiger partial charge < -0.3 is 20.1 Å². The second kappa shape index (κ2) is 14.0. The number of hydrogen-bond donors (Lipinski definition) is 3. The summed E-state index contributed by atoms with van der Waals surface area (Å²) in [6, 6.07) is 7.99. The Morgan fingerprint density at radius 2 is 2.03 bits per heavy atom. The lowest BCUT2D eigenvalue weighted by Crippen LogP contribution is -2.22. The number of carboxylic acids is 1. The molecule has 1 aromatic rings. The Morgan fingerprint density at radius 1 is 1.29 bits per heavy atom. The largest absolute Gasteiger partial charge is 0.481 e. The first-order valence-corrected chi connectivity index (χ1v) is 12.7. The maximum absolute atomic E-state index is 12.3. The molecule has 6 nitrogen and oxygen atoms in total. The molecule has 0 heterocycles. The fraction of sp³-hybridized carbons (Fsp3) is 0.565. The van der Waals surface area contributed by atoms with Crippen molar-refractivity contribution < 1.29 is 29.6 Å². The minimum absolute atomic E-state index is 0.0355. The average molecular weight is 469 g/mol. The van der Waals surface area contributed by atoms with Crippen LogP contribution in [-0.2, 0) is 27.4 Å². The van der Waals surface area contributed by atoms with E-state index in [-0.39, 0.29) is 29.1 Å². The zero-order valence-corrected chi connectivity index (χ0v) is 19.4. The Hall–Kier alpha value is -1.32. The molecule has 0 aliphatic heterocycles. The second-order valence-electron chi connectivity index (χ2n) is 7.60. The van der Waals surface area contributed by atoms with Crippen molar-refractivity contribution in [1.29, 1.82) is 0 Å². The zero-order chi connectivity index (χ0) is 22.6. The number of hydrogen-bond acceptors (Lipinski definition) is 7. The summed E-state index contributed by atoms with van der Waals surface area (Å²) in [5.41, 5.74) is 2.25.